The van der Waals surface area contributed by atoms with Crippen molar-refractivity contribution in [3.63, 3.8) is 0 Å². The van der Waals surface area contributed by atoms with Gasteiger partial charge in [-0.05, 0) is 133 Å². The van der Waals surface area contributed by atoms with E-state index in [4.69, 9.17) is 12.5 Å². The molecule has 0 saturated heterocycles. The Kier molecular flexibility index (Phi) is 10.4. The average molecular weight is 1070 g/mol. The van der Waals surface area contributed by atoms with Gasteiger partial charge < -0.3 is 14.5 Å². The molecule has 1 aliphatic heterocycles. The third-order valence-electron chi connectivity index (χ3n) is 16.9. The standard InChI is InChI=1S/C76H72N4O/c1-73(2,3)55-24-18-23-53(43-55)50-33-35-52(36-34-50)59-28-20-29-60(54-37-40-64-66(44-54)76(9,10)42-41-75(64,7)8)72(59)79-49-78(68-31-16-17-32-69(68)79)56-25-19-26-57(45-56)81-58-38-39-62-61-27-14-15-30-67(61)80(70(62)46-58)71-47-65(74(4,5)6)63(48-77-71)51-21-12-11-13-22-51/h11-40,43-48H,41-42,49H2,1-10H3/i14D,15D,27D,30D,33D,34D,35D,36D. The Morgan fingerprint density at radius 1 is 0.481 bits per heavy atom. The normalized spacial score (nSPS) is 16.2. The minimum atomic E-state index is -0.330. The molecule has 0 amide bonds. The largest absolute Gasteiger partial charge is 0.457 e. The van der Waals surface area contributed by atoms with E-state index in [1.54, 1.807) is 0 Å². The minimum Gasteiger partial charge on any atom is -0.457 e. The van der Waals surface area contributed by atoms with Crippen LogP contribution >= 0.6 is 0 Å². The fourth-order valence-electron chi connectivity index (χ4n) is 12.3. The minimum absolute atomic E-state index is 0.0147. The Labute approximate surface area is 490 Å². The maximum Gasteiger partial charge on any atom is 0.137 e. The van der Waals surface area contributed by atoms with Crippen molar-refractivity contribution in [3.05, 3.63) is 241 Å². The zero-order valence-electron chi connectivity index (χ0n) is 56.0. The lowest BCUT2D eigenvalue weighted by Crippen LogP contribution is -2.33. The highest BCUT2D eigenvalue weighted by Crippen LogP contribution is 2.53. The fourth-order valence-corrected chi connectivity index (χ4v) is 12.3. The predicted octanol–water partition coefficient (Wildman–Crippen LogP) is 20.8. The van der Waals surface area contributed by atoms with Crippen molar-refractivity contribution in [2.75, 3.05) is 16.5 Å². The van der Waals surface area contributed by atoms with Gasteiger partial charge >= 0.3 is 0 Å². The number of ether oxygens (including phenoxy) is 1. The molecule has 0 bridgehead atoms. The number of para-hydroxylation sites is 4. The third kappa shape index (κ3) is 9.37. The number of benzene rings is 9. The second-order valence-electron chi connectivity index (χ2n) is 25.3. The smallest absolute Gasteiger partial charge is 0.137 e. The predicted molar refractivity (Wildman–Crippen MR) is 342 cm³/mol. The van der Waals surface area contributed by atoms with Gasteiger partial charge in [-0.15, -0.1) is 0 Å². The van der Waals surface area contributed by atoms with Crippen molar-refractivity contribution in [1.29, 1.82) is 0 Å². The molecule has 2 aliphatic rings. The molecule has 402 valence electrons. The van der Waals surface area contributed by atoms with Crippen LogP contribution in [0.4, 0.5) is 22.7 Å². The summed E-state index contributed by atoms with van der Waals surface area (Å²) in [5.41, 5.74) is 14.0. The van der Waals surface area contributed by atoms with E-state index in [1.165, 1.54) is 11.1 Å². The first-order valence-corrected chi connectivity index (χ1v) is 28.3. The Morgan fingerprint density at radius 2 is 1.14 bits per heavy atom. The summed E-state index contributed by atoms with van der Waals surface area (Å²) in [7, 11) is 0. The molecule has 0 radical (unpaired) electrons. The number of aromatic nitrogens is 2. The van der Waals surface area contributed by atoms with Gasteiger partial charge in [-0.2, -0.15) is 0 Å². The van der Waals surface area contributed by atoms with Crippen molar-refractivity contribution in [1.82, 2.24) is 9.55 Å². The van der Waals surface area contributed by atoms with Crippen LogP contribution in [0.3, 0.4) is 0 Å². The van der Waals surface area contributed by atoms with Crippen LogP contribution in [-0.2, 0) is 21.7 Å². The summed E-state index contributed by atoms with van der Waals surface area (Å²) in [5, 5.41) is 1.02. The molecule has 11 aromatic rings. The van der Waals surface area contributed by atoms with Crippen LogP contribution in [0.25, 0.3) is 72.1 Å². The monoisotopic (exact) mass is 1060 g/mol. The lowest BCUT2D eigenvalue weighted by Gasteiger charge is -2.42. The molecule has 2 aromatic heterocycles. The fraction of sp³-hybridized carbons (Fsp3) is 0.224. The number of hydrogen-bond donors (Lipinski definition) is 0. The number of rotatable bonds is 9. The van der Waals surface area contributed by atoms with Crippen molar-refractivity contribution >= 4 is 44.6 Å². The molecule has 0 spiro atoms. The van der Waals surface area contributed by atoms with Crippen LogP contribution in [0, 0.1) is 0 Å². The first-order chi connectivity index (χ1) is 42.2. The van der Waals surface area contributed by atoms with Gasteiger partial charge in [0.2, 0.25) is 0 Å². The quantitative estimate of drug-likeness (QED) is 0.144. The summed E-state index contributed by atoms with van der Waals surface area (Å²) in [6, 6.07) is 53.2. The molecule has 5 heteroatoms. The Hall–Kier alpha value is -8.67. The number of nitrogens with zero attached hydrogens (tertiary/aromatic N) is 4. The van der Waals surface area contributed by atoms with Gasteiger partial charge in [-0.25, -0.2) is 4.98 Å². The second kappa shape index (κ2) is 19.6. The maximum atomic E-state index is 9.90. The van der Waals surface area contributed by atoms with Crippen LogP contribution in [0.15, 0.2) is 218 Å². The second-order valence-corrected chi connectivity index (χ2v) is 25.3. The van der Waals surface area contributed by atoms with E-state index in [0.29, 0.717) is 56.9 Å². The van der Waals surface area contributed by atoms with Crippen LogP contribution in [0.2, 0.25) is 0 Å². The first-order valence-electron chi connectivity index (χ1n) is 32.3. The number of fused-ring (bicyclic) bond motifs is 5. The topological polar surface area (TPSA) is 33.5 Å². The average Bonchev–Trinajstić information content (AvgIpc) is 1.67. The molecule has 0 fully saturated rings. The molecule has 0 atom stereocenters. The van der Waals surface area contributed by atoms with Crippen molar-refractivity contribution < 1.29 is 15.7 Å². The highest BCUT2D eigenvalue weighted by Gasteiger charge is 2.38. The van der Waals surface area contributed by atoms with Crippen molar-refractivity contribution in [2.45, 2.75) is 104 Å². The van der Waals surface area contributed by atoms with Gasteiger partial charge in [0, 0.05) is 51.5 Å². The molecule has 3 heterocycles. The van der Waals surface area contributed by atoms with E-state index in [2.05, 4.69) is 128 Å². The van der Waals surface area contributed by atoms with Crippen molar-refractivity contribution in [2.24, 2.45) is 0 Å². The Morgan fingerprint density at radius 3 is 1.89 bits per heavy atom. The number of hydrogen-bond acceptors (Lipinski definition) is 4. The van der Waals surface area contributed by atoms with E-state index in [-0.39, 0.29) is 81.1 Å². The van der Waals surface area contributed by atoms with Crippen LogP contribution < -0.4 is 14.5 Å². The number of pyridine rings is 1. The van der Waals surface area contributed by atoms with Gasteiger partial charge in [0.15, 0.2) is 0 Å². The van der Waals surface area contributed by atoms with Crippen LogP contribution in [0.5, 0.6) is 11.5 Å². The summed E-state index contributed by atoms with van der Waals surface area (Å²) < 4.78 is 84.0. The molecule has 13 rings (SSSR count). The molecular weight excluding hydrogens is 985 g/mol. The summed E-state index contributed by atoms with van der Waals surface area (Å²) in [6.07, 6.45) is 3.97. The molecular formula is C76H72N4O. The molecule has 0 N–H and O–H groups in total. The molecule has 9 aromatic carbocycles. The highest BCUT2D eigenvalue weighted by molar-refractivity contribution is 6.09. The lowest BCUT2D eigenvalue weighted by molar-refractivity contribution is 0.332. The molecule has 0 unspecified atom stereocenters. The van der Waals surface area contributed by atoms with E-state index >= 15 is 0 Å². The summed E-state index contributed by atoms with van der Waals surface area (Å²) in [4.78, 5) is 9.52. The molecule has 1 aliphatic carbocycles. The van der Waals surface area contributed by atoms with Gasteiger partial charge in [-0.1, -0.05) is 221 Å². The van der Waals surface area contributed by atoms with Crippen molar-refractivity contribution in [3.8, 4) is 61.8 Å². The highest BCUT2D eigenvalue weighted by atomic mass is 16.5. The van der Waals surface area contributed by atoms with Gasteiger partial charge in [0.05, 0.1) is 39.1 Å². The lowest BCUT2D eigenvalue weighted by atomic mass is 9.63. The van der Waals surface area contributed by atoms with E-state index < -0.39 is 0 Å². The van der Waals surface area contributed by atoms with Gasteiger partial charge in [0.25, 0.3) is 0 Å². The van der Waals surface area contributed by atoms with E-state index in [1.807, 2.05) is 126 Å². The Bertz CT molecular complexity index is 4680. The summed E-state index contributed by atoms with van der Waals surface area (Å²) in [6.45, 7) is 22.4. The van der Waals surface area contributed by atoms with E-state index in [9.17, 15) is 8.22 Å². The van der Waals surface area contributed by atoms with Crippen LogP contribution in [-0.4, -0.2) is 16.2 Å². The van der Waals surface area contributed by atoms with E-state index in [0.717, 1.165) is 69.0 Å². The molecule has 0 saturated carbocycles. The number of anilines is 4. The SMILES string of the molecule is [2H]c1c([2H])c(-c2cccc(-c3ccc4c(c3)C(C)(C)CCC4(C)C)c2N2CN(c3cccc(Oc4ccc5c6c([2H])c([2H])c([2H])c([2H])c6n(-c6cc(C(C)(C)C)c(-c7ccccc7)cn6)c5c4)c3)c3ccccc32)c([2H])c([2H])c1-c1cccc(C(C)(C)C)c1. The van der Waals surface area contributed by atoms with Crippen LogP contribution in [0.1, 0.15) is 115 Å². The maximum absolute atomic E-state index is 9.90. The summed E-state index contributed by atoms with van der Waals surface area (Å²) >= 11 is 0. The third-order valence-corrected chi connectivity index (χ3v) is 16.9. The molecule has 81 heavy (non-hydrogen) atoms. The Balaban J connectivity index is 0.937. The zero-order chi connectivity index (χ0) is 63.0. The van der Waals surface area contributed by atoms with Gasteiger partial charge in [-0.3, -0.25) is 4.57 Å². The first kappa shape index (κ1) is 43.2. The summed E-state index contributed by atoms with van der Waals surface area (Å²) in [5.74, 6) is 1.54. The molecule has 5 nitrogen and oxygen atoms in total. The van der Waals surface area contributed by atoms with Gasteiger partial charge in [0.1, 0.15) is 24.0 Å². The zero-order valence-corrected chi connectivity index (χ0v) is 48.0.